The molecule has 0 aliphatic heterocycles. The van der Waals surface area contributed by atoms with Gasteiger partial charge < -0.3 is 9.47 Å². The van der Waals surface area contributed by atoms with E-state index in [0.29, 0.717) is 11.7 Å². The van der Waals surface area contributed by atoms with Crippen LogP contribution in [-0.2, 0) is 4.74 Å². The second-order valence-corrected chi connectivity index (χ2v) is 5.00. The van der Waals surface area contributed by atoms with Gasteiger partial charge in [-0.05, 0) is 13.8 Å². The van der Waals surface area contributed by atoms with Crippen LogP contribution in [0.25, 0.3) is 11.2 Å². The molecule has 3 rings (SSSR count). The Kier molecular flexibility index (Phi) is 3.77. The molecule has 0 saturated carbocycles. The molecule has 1 unspecified atom stereocenters. The van der Waals surface area contributed by atoms with E-state index in [2.05, 4.69) is 15.0 Å². The maximum Gasteiger partial charge on any atom is 0.318 e. The molecule has 0 radical (unpaired) electrons. The molecule has 2 aromatic heterocycles. The van der Waals surface area contributed by atoms with Crippen LogP contribution in [0.15, 0.2) is 30.3 Å². The number of methoxy groups -OCH3 is 2. The highest BCUT2D eigenvalue weighted by atomic mass is 16.5. The first kappa shape index (κ1) is 14.5. The Labute approximate surface area is 128 Å². The van der Waals surface area contributed by atoms with Crippen LogP contribution in [0.5, 0.6) is 6.01 Å². The van der Waals surface area contributed by atoms with Crippen molar-refractivity contribution in [3.8, 4) is 6.01 Å². The smallest absolute Gasteiger partial charge is 0.318 e. The van der Waals surface area contributed by atoms with Crippen LogP contribution in [0.2, 0.25) is 0 Å². The van der Waals surface area contributed by atoms with E-state index in [0.717, 1.165) is 22.6 Å². The van der Waals surface area contributed by atoms with E-state index in [9.17, 15) is 0 Å². The van der Waals surface area contributed by atoms with Gasteiger partial charge in [-0.1, -0.05) is 30.3 Å². The first-order valence-corrected chi connectivity index (χ1v) is 7.00. The highest BCUT2D eigenvalue weighted by Gasteiger charge is 2.21. The van der Waals surface area contributed by atoms with E-state index in [-0.39, 0.29) is 6.23 Å². The summed E-state index contributed by atoms with van der Waals surface area (Å²) in [6.45, 7) is 3.83. The Morgan fingerprint density at radius 2 is 1.73 bits per heavy atom. The number of aryl methyl sites for hydroxylation is 2. The van der Waals surface area contributed by atoms with E-state index < -0.39 is 0 Å². The highest BCUT2D eigenvalue weighted by Crippen LogP contribution is 2.27. The van der Waals surface area contributed by atoms with E-state index in [1.54, 1.807) is 14.2 Å². The van der Waals surface area contributed by atoms with Crippen molar-refractivity contribution in [2.75, 3.05) is 14.2 Å². The Balaban J connectivity index is 2.25. The van der Waals surface area contributed by atoms with Gasteiger partial charge >= 0.3 is 6.01 Å². The molecule has 1 atom stereocenters. The number of hydrogen-bond donors (Lipinski definition) is 0. The van der Waals surface area contributed by atoms with Crippen molar-refractivity contribution in [3.63, 3.8) is 0 Å². The number of imidazole rings is 1. The van der Waals surface area contributed by atoms with E-state index in [1.165, 1.54) is 0 Å². The average Bonchev–Trinajstić information content (AvgIpc) is 2.87. The molecular weight excluding hydrogens is 280 g/mol. The second kappa shape index (κ2) is 5.73. The lowest BCUT2D eigenvalue weighted by atomic mass is 10.2. The summed E-state index contributed by atoms with van der Waals surface area (Å²) in [7, 11) is 3.23. The van der Waals surface area contributed by atoms with Crippen LogP contribution in [0.4, 0.5) is 0 Å². The molecule has 2 heterocycles. The lowest BCUT2D eigenvalue weighted by Crippen LogP contribution is -2.15. The minimum absolute atomic E-state index is 0.301. The quantitative estimate of drug-likeness (QED) is 0.741. The number of nitrogens with zero attached hydrogens (tertiary/aromatic N) is 4. The molecular formula is C16H18N4O2. The minimum atomic E-state index is -0.301. The zero-order valence-electron chi connectivity index (χ0n) is 13.1. The van der Waals surface area contributed by atoms with Crippen LogP contribution in [0.1, 0.15) is 23.3 Å². The number of rotatable bonds is 4. The Bertz CT molecular complexity index is 799. The first-order valence-electron chi connectivity index (χ1n) is 7.00. The van der Waals surface area contributed by atoms with Crippen LogP contribution in [-0.4, -0.2) is 33.7 Å². The largest absolute Gasteiger partial charge is 0.467 e. The van der Waals surface area contributed by atoms with Gasteiger partial charge in [-0.25, -0.2) is 4.98 Å². The maximum absolute atomic E-state index is 5.70. The van der Waals surface area contributed by atoms with Gasteiger partial charge in [-0.2, -0.15) is 9.97 Å². The molecule has 0 N–H and O–H groups in total. The number of hydrogen-bond acceptors (Lipinski definition) is 5. The second-order valence-electron chi connectivity index (χ2n) is 5.00. The molecule has 6 heteroatoms. The van der Waals surface area contributed by atoms with Crippen molar-refractivity contribution in [2.45, 2.75) is 20.1 Å². The van der Waals surface area contributed by atoms with Crippen molar-refractivity contribution < 1.29 is 9.47 Å². The van der Waals surface area contributed by atoms with Crippen molar-refractivity contribution in [1.29, 1.82) is 0 Å². The molecule has 114 valence electrons. The molecule has 6 nitrogen and oxygen atoms in total. The summed E-state index contributed by atoms with van der Waals surface area (Å²) in [5, 5.41) is 0. The molecule has 0 spiro atoms. The summed E-state index contributed by atoms with van der Waals surface area (Å²) in [5.41, 5.74) is 3.28. The van der Waals surface area contributed by atoms with Crippen LogP contribution in [0.3, 0.4) is 0 Å². The monoisotopic (exact) mass is 298 g/mol. The molecule has 0 aliphatic carbocycles. The van der Waals surface area contributed by atoms with E-state index in [4.69, 9.17) is 9.47 Å². The van der Waals surface area contributed by atoms with E-state index in [1.807, 2.05) is 48.7 Å². The third kappa shape index (κ3) is 2.31. The fourth-order valence-electron chi connectivity index (χ4n) is 2.57. The highest BCUT2D eigenvalue weighted by molar-refractivity contribution is 5.74. The van der Waals surface area contributed by atoms with Gasteiger partial charge in [0.05, 0.1) is 12.8 Å². The molecule has 3 aromatic rings. The Hall–Kier alpha value is -2.47. The Morgan fingerprint density at radius 3 is 2.36 bits per heavy atom. The van der Waals surface area contributed by atoms with Crippen molar-refractivity contribution in [1.82, 2.24) is 19.5 Å². The minimum Gasteiger partial charge on any atom is -0.467 e. The molecule has 0 saturated heterocycles. The zero-order chi connectivity index (χ0) is 15.7. The number of aromatic nitrogens is 4. The van der Waals surface area contributed by atoms with Gasteiger partial charge in [0.2, 0.25) is 0 Å². The number of ether oxygens (including phenoxy) is 2. The van der Waals surface area contributed by atoms with Gasteiger partial charge in [-0.15, -0.1) is 0 Å². The van der Waals surface area contributed by atoms with Crippen molar-refractivity contribution in [2.24, 2.45) is 0 Å². The fourth-order valence-corrected chi connectivity index (χ4v) is 2.57. The molecule has 0 amide bonds. The average molecular weight is 298 g/mol. The maximum atomic E-state index is 5.70. The van der Waals surface area contributed by atoms with E-state index >= 15 is 0 Å². The summed E-state index contributed by atoms with van der Waals surface area (Å²) in [5.74, 6) is 0.816. The van der Waals surface area contributed by atoms with Gasteiger partial charge in [0.15, 0.2) is 11.9 Å². The summed E-state index contributed by atoms with van der Waals surface area (Å²) < 4.78 is 12.8. The first-order chi connectivity index (χ1) is 10.7. The SMILES string of the molecule is COc1nc(C)c2nc(C)n(C(OC)c3ccccc3)c2n1. The Morgan fingerprint density at radius 1 is 1.00 bits per heavy atom. The third-order valence-corrected chi connectivity index (χ3v) is 3.59. The third-order valence-electron chi connectivity index (χ3n) is 3.59. The lowest BCUT2D eigenvalue weighted by Gasteiger charge is -2.19. The number of benzene rings is 1. The van der Waals surface area contributed by atoms with Crippen LogP contribution < -0.4 is 4.74 Å². The topological polar surface area (TPSA) is 62.1 Å². The molecule has 1 aromatic carbocycles. The van der Waals surface area contributed by atoms with Crippen LogP contribution in [0, 0.1) is 13.8 Å². The van der Waals surface area contributed by atoms with Crippen molar-refractivity contribution >= 4 is 11.2 Å². The molecule has 0 aliphatic rings. The van der Waals surface area contributed by atoms with Gasteiger partial charge in [0.25, 0.3) is 0 Å². The lowest BCUT2D eigenvalue weighted by molar-refractivity contribution is 0.0796. The summed E-state index contributed by atoms with van der Waals surface area (Å²) in [6, 6.07) is 10.3. The predicted molar refractivity (Wildman–Crippen MR) is 82.9 cm³/mol. The molecule has 0 bridgehead atoms. The standard InChI is InChI=1S/C16H18N4O2/c1-10-13-14(19-16(17-10)22-4)20(11(2)18-13)15(21-3)12-8-6-5-7-9-12/h5-9,15H,1-4H3. The summed E-state index contributed by atoms with van der Waals surface area (Å²) >= 11 is 0. The van der Waals surface area contributed by atoms with Crippen molar-refractivity contribution in [3.05, 3.63) is 47.4 Å². The van der Waals surface area contributed by atoms with Gasteiger partial charge in [0.1, 0.15) is 11.3 Å². The normalized spacial score (nSPS) is 12.5. The van der Waals surface area contributed by atoms with Crippen LogP contribution >= 0.6 is 0 Å². The number of fused-ring (bicyclic) bond motifs is 1. The summed E-state index contributed by atoms with van der Waals surface area (Å²) in [4.78, 5) is 13.3. The fraction of sp³-hybridized carbons (Fsp3) is 0.312. The molecule has 0 fully saturated rings. The molecule has 22 heavy (non-hydrogen) atoms. The predicted octanol–water partition coefficient (Wildman–Crippen LogP) is 2.65. The summed E-state index contributed by atoms with van der Waals surface area (Å²) in [6.07, 6.45) is -0.301. The van der Waals surface area contributed by atoms with Gasteiger partial charge in [-0.3, -0.25) is 4.57 Å². The van der Waals surface area contributed by atoms with Gasteiger partial charge in [0, 0.05) is 12.7 Å². The zero-order valence-corrected chi connectivity index (χ0v) is 13.1.